The van der Waals surface area contributed by atoms with E-state index in [1.54, 1.807) is 51.1 Å². The largest absolute Gasteiger partial charge is 1.00 e. The Bertz CT molecular complexity index is 194. The quantitative estimate of drug-likeness (QED) is 0.105. The average molecular weight is 519 g/mol. The summed E-state index contributed by atoms with van der Waals surface area (Å²) in [5, 5.41) is 0. The first-order valence-corrected chi connectivity index (χ1v) is 19.8. The van der Waals surface area contributed by atoms with Gasteiger partial charge in [-0.3, -0.25) is 0 Å². The molecule has 0 aromatic heterocycles. The predicted molar refractivity (Wildman–Crippen MR) is 116 cm³/mol. The van der Waals surface area contributed by atoms with Crippen LogP contribution in [0, 0.1) is 0 Å². The summed E-state index contributed by atoms with van der Waals surface area (Å²) in [5.74, 6) is 0. The Labute approximate surface area is 171 Å². The minimum absolute atomic E-state index is 0. The third-order valence-corrected chi connectivity index (χ3v) is 17.1. The maximum Gasteiger partial charge on any atom is -1.00 e. The maximum atomic E-state index is 2.33. The van der Waals surface area contributed by atoms with Gasteiger partial charge >= 0.3 is 170 Å². The van der Waals surface area contributed by atoms with Gasteiger partial charge in [-0.25, -0.2) is 0 Å². The summed E-state index contributed by atoms with van der Waals surface area (Å²) < 4.78 is 5.21. The van der Waals surface area contributed by atoms with E-state index in [1.807, 2.05) is 0 Å². The molecule has 0 atom stereocenters. The molecule has 0 saturated heterocycles. The van der Waals surface area contributed by atoms with E-state index in [-0.39, 0.29) is 1.43 Å². The molecule has 0 spiro atoms. The first-order valence-electron chi connectivity index (χ1n) is 12.2. The van der Waals surface area contributed by atoms with Crippen molar-refractivity contribution in [3.63, 3.8) is 0 Å². The van der Waals surface area contributed by atoms with E-state index in [2.05, 4.69) is 20.8 Å². The van der Waals surface area contributed by atoms with Crippen molar-refractivity contribution in [1.82, 2.24) is 0 Å². The first kappa shape index (κ1) is 25.9. The maximum absolute atomic E-state index is 2.33. The third kappa shape index (κ3) is 21.0. The summed E-state index contributed by atoms with van der Waals surface area (Å²) in [7, 11) is 0. The molecule has 0 amide bonds. The van der Waals surface area contributed by atoms with Crippen LogP contribution >= 0.6 is 0 Å². The number of unbranched alkanes of at least 4 members (excludes halogenated alkanes) is 15. The molecule has 0 radical (unpaired) electrons. The van der Waals surface area contributed by atoms with E-state index in [0.717, 1.165) is 0 Å². The fourth-order valence-corrected chi connectivity index (χ4v) is 14.6. The Morgan fingerprint density at radius 2 is 0.600 bits per heavy atom. The molecule has 0 bridgehead atoms. The summed E-state index contributed by atoms with van der Waals surface area (Å²) in [6, 6.07) is 0. The van der Waals surface area contributed by atoms with Gasteiger partial charge in [-0.1, -0.05) is 0 Å². The van der Waals surface area contributed by atoms with E-state index in [0.29, 0.717) is 0 Å². The van der Waals surface area contributed by atoms with Gasteiger partial charge in [0.15, 0.2) is 0 Å². The molecule has 0 saturated carbocycles. The van der Waals surface area contributed by atoms with Crippen molar-refractivity contribution in [2.24, 2.45) is 0 Å². The van der Waals surface area contributed by atoms with Gasteiger partial charge in [0.25, 0.3) is 0 Å². The molecule has 0 aliphatic heterocycles. The SMILES string of the molecule is CCCCCCC[CH2][Hf+]([CH2]CCCCCCC)[CH2]CCCCCCC.[H-]. The molecule has 0 fully saturated rings. The number of hydrogen-bond donors (Lipinski definition) is 0. The first-order chi connectivity index (χ1) is 12.3. The van der Waals surface area contributed by atoms with Crippen LogP contribution in [0.1, 0.15) is 138 Å². The summed E-state index contributed by atoms with van der Waals surface area (Å²) in [6.07, 6.45) is 27.0. The molecule has 25 heavy (non-hydrogen) atoms. The van der Waals surface area contributed by atoms with Crippen molar-refractivity contribution in [1.29, 1.82) is 0 Å². The molecule has 0 aromatic rings. The van der Waals surface area contributed by atoms with Crippen LogP contribution in [0.25, 0.3) is 0 Å². The standard InChI is InChI=1S/3C8H17.Hf.H/c3*1-3-5-7-8-6-4-2;;/h3*1,3-8H2,2H3;;/q;;;+1;-1. The Kier molecular flexibility index (Phi) is 23.7. The van der Waals surface area contributed by atoms with Crippen LogP contribution < -0.4 is 0 Å². The summed E-state index contributed by atoms with van der Waals surface area (Å²) in [6.45, 7) is 6.98. The molecule has 0 heterocycles. The molecular weight excluding hydrogens is 467 g/mol. The van der Waals surface area contributed by atoms with Crippen LogP contribution in [-0.4, -0.2) is 0 Å². The fraction of sp³-hybridized carbons (Fsp3) is 1.00. The van der Waals surface area contributed by atoms with Crippen molar-refractivity contribution in [2.45, 2.75) is 149 Å². The van der Waals surface area contributed by atoms with Gasteiger partial charge in [-0.15, -0.1) is 0 Å². The van der Waals surface area contributed by atoms with E-state index in [9.17, 15) is 0 Å². The molecule has 0 aliphatic rings. The predicted octanol–water partition coefficient (Wildman–Crippen LogP) is 10.1. The van der Waals surface area contributed by atoms with Crippen molar-refractivity contribution < 1.29 is 22.9 Å². The average Bonchev–Trinajstić information content (AvgIpc) is 2.63. The molecule has 0 N–H and O–H groups in total. The number of hydrogen-bond acceptors (Lipinski definition) is 0. The summed E-state index contributed by atoms with van der Waals surface area (Å²) in [5.41, 5.74) is 0. The van der Waals surface area contributed by atoms with E-state index >= 15 is 0 Å². The van der Waals surface area contributed by atoms with Crippen molar-refractivity contribution in [3.05, 3.63) is 0 Å². The van der Waals surface area contributed by atoms with Gasteiger partial charge in [-0.05, 0) is 0 Å². The Morgan fingerprint density at radius 1 is 0.360 bits per heavy atom. The summed E-state index contributed by atoms with van der Waals surface area (Å²) in [4.78, 5) is 0. The normalized spacial score (nSPS) is 11.2. The molecule has 0 nitrogen and oxygen atoms in total. The van der Waals surface area contributed by atoms with Crippen LogP contribution in [0.15, 0.2) is 0 Å². The Morgan fingerprint density at radius 3 is 0.880 bits per heavy atom. The second-order valence-corrected chi connectivity index (χ2v) is 19.1. The van der Waals surface area contributed by atoms with Gasteiger partial charge < -0.3 is 1.43 Å². The van der Waals surface area contributed by atoms with Crippen LogP contribution in [0.5, 0.6) is 0 Å². The molecule has 0 aliphatic carbocycles. The zero-order valence-electron chi connectivity index (χ0n) is 19.3. The van der Waals surface area contributed by atoms with Crippen LogP contribution in [0.3, 0.4) is 0 Å². The second-order valence-electron chi connectivity index (χ2n) is 8.30. The van der Waals surface area contributed by atoms with Gasteiger partial charge in [0.05, 0.1) is 0 Å². The van der Waals surface area contributed by atoms with Crippen molar-refractivity contribution in [2.75, 3.05) is 0 Å². The number of rotatable bonds is 21. The monoisotopic (exact) mass is 520 g/mol. The van der Waals surface area contributed by atoms with E-state index in [1.165, 1.54) is 77.0 Å². The molecular formula is C24H52Hf. The molecule has 152 valence electrons. The smallest absolute Gasteiger partial charge is 1.00 e. The minimum atomic E-state index is -1.19. The van der Waals surface area contributed by atoms with Crippen molar-refractivity contribution >= 4 is 0 Å². The van der Waals surface area contributed by atoms with Gasteiger partial charge in [0.1, 0.15) is 0 Å². The second kappa shape index (κ2) is 22.9. The van der Waals surface area contributed by atoms with Crippen molar-refractivity contribution in [3.8, 4) is 0 Å². The van der Waals surface area contributed by atoms with E-state index < -0.39 is 21.4 Å². The minimum Gasteiger partial charge on any atom is -1.00 e. The topological polar surface area (TPSA) is 0 Å². The molecule has 1 heteroatoms. The van der Waals surface area contributed by atoms with Gasteiger partial charge in [0, 0.05) is 0 Å². The molecule has 0 aromatic carbocycles. The van der Waals surface area contributed by atoms with E-state index in [4.69, 9.17) is 0 Å². The Hall–Kier alpha value is 0.870. The molecule has 0 unspecified atom stereocenters. The third-order valence-electron chi connectivity index (χ3n) is 5.65. The summed E-state index contributed by atoms with van der Waals surface area (Å²) >= 11 is -1.19. The zero-order chi connectivity index (χ0) is 18.4. The van der Waals surface area contributed by atoms with Crippen LogP contribution in [0.2, 0.25) is 12.5 Å². The van der Waals surface area contributed by atoms with Gasteiger partial charge in [-0.2, -0.15) is 0 Å². The van der Waals surface area contributed by atoms with Gasteiger partial charge in [0.2, 0.25) is 0 Å². The zero-order valence-corrected chi connectivity index (χ0v) is 21.9. The van der Waals surface area contributed by atoms with Crippen LogP contribution in [0.4, 0.5) is 0 Å². The van der Waals surface area contributed by atoms with Crippen LogP contribution in [-0.2, 0) is 21.4 Å². The molecule has 0 rings (SSSR count). The fourth-order valence-electron chi connectivity index (χ4n) is 3.84. The Balaban J connectivity index is 0.